The predicted octanol–water partition coefficient (Wildman–Crippen LogP) is 3.75. The van der Waals surface area contributed by atoms with Crippen LogP contribution in [0.4, 0.5) is 10.5 Å². The second kappa shape index (κ2) is 14.0. The number of hydrogen-bond donors (Lipinski definition) is 1. The summed E-state index contributed by atoms with van der Waals surface area (Å²) in [5.74, 6) is -1.21. The maximum atomic E-state index is 14.5. The Morgan fingerprint density at radius 2 is 1.35 bits per heavy atom. The van der Waals surface area contributed by atoms with E-state index >= 15 is 0 Å². The van der Waals surface area contributed by atoms with Gasteiger partial charge in [-0.3, -0.25) is 14.6 Å². The zero-order chi connectivity index (χ0) is 29.7. The van der Waals surface area contributed by atoms with Gasteiger partial charge in [0, 0.05) is 38.4 Å². The summed E-state index contributed by atoms with van der Waals surface area (Å²) in [7, 11) is 0. The Morgan fingerprint density at radius 1 is 0.837 bits per heavy atom. The van der Waals surface area contributed by atoms with Gasteiger partial charge in [0.15, 0.2) is 5.54 Å². The molecule has 3 aromatic rings. The topological polar surface area (TPSA) is 93.6 Å². The minimum Gasteiger partial charge on any atom is -0.464 e. The number of hydrogen-bond acceptors (Lipinski definition) is 7. The number of β-amino-alcohol motifs (C(OH)–C–C–N with tert-alkyl or cyclic N) is 1. The lowest BCUT2D eigenvalue weighted by molar-refractivity contribution is -0.151. The third kappa shape index (κ3) is 6.25. The van der Waals surface area contributed by atoms with Crippen molar-refractivity contribution in [3.05, 3.63) is 102 Å². The molecule has 2 saturated heterocycles. The summed E-state index contributed by atoms with van der Waals surface area (Å²) in [5.41, 5.74) is 0.770. The third-order valence-corrected chi connectivity index (χ3v) is 8.12. The van der Waals surface area contributed by atoms with Gasteiger partial charge in [0.25, 0.3) is 5.91 Å². The molecule has 2 fully saturated rings. The number of carbonyl (C=O) groups is 3. The van der Waals surface area contributed by atoms with E-state index in [1.54, 1.807) is 31.2 Å². The number of aliphatic hydroxyl groups excluding tert-OH is 1. The first kappa shape index (κ1) is 32.0. The number of halogens is 1. The predicted molar refractivity (Wildman–Crippen MR) is 167 cm³/mol. The number of ether oxygens (including phenoxy) is 1. The molecular weight excluding hydrogens is 568 g/mol. The fraction of sp³-hybridized carbons (Fsp3) is 0.364. The maximum absolute atomic E-state index is 14.5. The Hall–Kier alpha value is -3.92. The molecular formula is C33H39ClN4O5. The average Bonchev–Trinajstić information content (AvgIpc) is 3.24. The van der Waals surface area contributed by atoms with Gasteiger partial charge in [-0.1, -0.05) is 78.9 Å². The Morgan fingerprint density at radius 3 is 1.86 bits per heavy atom. The molecule has 2 atom stereocenters. The van der Waals surface area contributed by atoms with Crippen LogP contribution < -0.4 is 4.90 Å². The fourth-order valence-electron chi connectivity index (χ4n) is 6.05. The van der Waals surface area contributed by atoms with E-state index in [1.165, 1.54) is 17.5 Å². The van der Waals surface area contributed by atoms with Gasteiger partial charge in [-0.05, 0) is 37.1 Å². The van der Waals surface area contributed by atoms with Gasteiger partial charge < -0.3 is 14.7 Å². The van der Waals surface area contributed by atoms with Crippen molar-refractivity contribution in [2.45, 2.75) is 31.5 Å². The van der Waals surface area contributed by atoms with Gasteiger partial charge in [-0.25, -0.2) is 14.5 Å². The van der Waals surface area contributed by atoms with Gasteiger partial charge in [0.2, 0.25) is 0 Å². The average molecular weight is 607 g/mol. The SMILES string of the molecule is CCOC(=O)C(C)N1C(=O)N(CC(O)CN2CCN(c3ccccc3)CC2)C(c2ccccc2)(c2ccccc2)C1=O.Cl. The molecule has 9 nitrogen and oxygen atoms in total. The second-order valence-electron chi connectivity index (χ2n) is 10.7. The van der Waals surface area contributed by atoms with E-state index in [-0.39, 0.29) is 25.6 Å². The number of benzene rings is 3. The number of piperazine rings is 1. The van der Waals surface area contributed by atoms with E-state index in [4.69, 9.17) is 4.74 Å². The van der Waals surface area contributed by atoms with E-state index in [9.17, 15) is 19.5 Å². The molecule has 0 bridgehead atoms. The highest BCUT2D eigenvalue weighted by molar-refractivity contribution is 6.11. The smallest absolute Gasteiger partial charge is 0.329 e. The monoisotopic (exact) mass is 606 g/mol. The summed E-state index contributed by atoms with van der Waals surface area (Å²) in [4.78, 5) is 48.3. The summed E-state index contributed by atoms with van der Waals surface area (Å²) >= 11 is 0. The van der Waals surface area contributed by atoms with Crippen molar-refractivity contribution >= 4 is 36.0 Å². The number of aliphatic hydroxyl groups is 1. The van der Waals surface area contributed by atoms with Crippen LogP contribution in [0.5, 0.6) is 0 Å². The normalized spacial score (nSPS) is 18.3. The van der Waals surface area contributed by atoms with Crippen LogP contribution in [0.3, 0.4) is 0 Å². The molecule has 0 saturated carbocycles. The van der Waals surface area contributed by atoms with Crippen molar-refractivity contribution in [2.24, 2.45) is 0 Å². The molecule has 2 heterocycles. The molecule has 2 unspecified atom stereocenters. The zero-order valence-corrected chi connectivity index (χ0v) is 25.4. The Kier molecular flexibility index (Phi) is 10.4. The number of nitrogens with zero attached hydrogens (tertiary/aromatic N) is 4. The van der Waals surface area contributed by atoms with Crippen molar-refractivity contribution < 1.29 is 24.2 Å². The summed E-state index contributed by atoms with van der Waals surface area (Å²) in [5, 5.41) is 11.4. The van der Waals surface area contributed by atoms with Gasteiger partial charge in [0.05, 0.1) is 19.3 Å². The van der Waals surface area contributed by atoms with E-state index in [0.717, 1.165) is 31.1 Å². The van der Waals surface area contributed by atoms with Crippen LogP contribution in [0.15, 0.2) is 91.0 Å². The number of amides is 3. The summed E-state index contributed by atoms with van der Waals surface area (Å²) in [6, 6.07) is 26.6. The molecule has 0 spiro atoms. The first-order chi connectivity index (χ1) is 20.4. The van der Waals surface area contributed by atoms with E-state index < -0.39 is 35.6 Å². The number of esters is 1. The molecule has 3 aromatic carbocycles. The largest absolute Gasteiger partial charge is 0.464 e. The maximum Gasteiger partial charge on any atom is 0.329 e. The molecule has 0 aromatic heterocycles. The number of urea groups is 1. The lowest BCUT2D eigenvalue weighted by Gasteiger charge is -2.39. The minimum absolute atomic E-state index is 0. The van der Waals surface area contributed by atoms with Crippen LogP contribution in [0.2, 0.25) is 0 Å². The number of anilines is 1. The van der Waals surface area contributed by atoms with Crippen molar-refractivity contribution in [1.29, 1.82) is 0 Å². The molecule has 2 aliphatic heterocycles. The number of carbonyl (C=O) groups excluding carboxylic acids is 3. The van der Waals surface area contributed by atoms with Gasteiger partial charge >= 0.3 is 12.0 Å². The number of rotatable bonds is 10. The summed E-state index contributed by atoms with van der Waals surface area (Å²) in [6.07, 6.45) is -0.935. The molecule has 1 N–H and O–H groups in total. The van der Waals surface area contributed by atoms with Crippen LogP contribution in [-0.2, 0) is 19.9 Å². The first-order valence-electron chi connectivity index (χ1n) is 14.5. The van der Waals surface area contributed by atoms with E-state index in [0.29, 0.717) is 17.7 Å². The molecule has 10 heteroatoms. The lowest BCUT2D eigenvalue weighted by Crippen LogP contribution is -2.53. The van der Waals surface area contributed by atoms with Gasteiger partial charge in [-0.15, -0.1) is 12.4 Å². The van der Waals surface area contributed by atoms with Crippen molar-refractivity contribution in [1.82, 2.24) is 14.7 Å². The van der Waals surface area contributed by atoms with Crippen LogP contribution in [0.1, 0.15) is 25.0 Å². The van der Waals surface area contributed by atoms with E-state index in [1.807, 2.05) is 54.6 Å². The molecule has 3 amide bonds. The highest BCUT2D eigenvalue weighted by Crippen LogP contribution is 2.44. The Labute approximate surface area is 259 Å². The molecule has 228 valence electrons. The summed E-state index contributed by atoms with van der Waals surface area (Å²) < 4.78 is 5.19. The highest BCUT2D eigenvalue weighted by atomic mass is 35.5. The van der Waals surface area contributed by atoms with Crippen LogP contribution in [0.25, 0.3) is 0 Å². The number of para-hydroxylation sites is 1. The fourth-order valence-corrected chi connectivity index (χ4v) is 6.05. The quantitative estimate of drug-likeness (QED) is 0.278. The molecule has 0 radical (unpaired) electrons. The minimum atomic E-state index is -1.56. The molecule has 5 rings (SSSR count). The highest BCUT2D eigenvalue weighted by Gasteiger charge is 2.61. The van der Waals surface area contributed by atoms with Gasteiger partial charge in [-0.2, -0.15) is 0 Å². The Bertz CT molecular complexity index is 1330. The van der Waals surface area contributed by atoms with Crippen molar-refractivity contribution in [2.75, 3.05) is 50.8 Å². The summed E-state index contributed by atoms with van der Waals surface area (Å²) in [6.45, 7) is 6.70. The third-order valence-electron chi connectivity index (χ3n) is 8.12. The number of imide groups is 1. The van der Waals surface area contributed by atoms with Crippen LogP contribution in [-0.4, -0.2) is 95.7 Å². The molecule has 0 aliphatic carbocycles. The van der Waals surface area contributed by atoms with Crippen LogP contribution >= 0.6 is 12.4 Å². The zero-order valence-electron chi connectivity index (χ0n) is 24.5. The van der Waals surface area contributed by atoms with Crippen molar-refractivity contribution in [3.63, 3.8) is 0 Å². The Balaban J connectivity index is 0.00000423. The first-order valence-corrected chi connectivity index (χ1v) is 14.5. The second-order valence-corrected chi connectivity index (χ2v) is 10.7. The molecule has 2 aliphatic rings. The van der Waals surface area contributed by atoms with Crippen molar-refractivity contribution in [3.8, 4) is 0 Å². The standard InChI is InChI=1S/C33H38N4O5.ClH/c1-3-42-30(39)25(2)37-31(40)33(26-13-7-4-8-14-26,27-15-9-5-10-16-27)36(32(37)41)24-29(38)23-34-19-21-35(22-20-34)28-17-11-6-12-18-28;/h4-18,25,29,38H,3,19-24H2,1-2H3;1H. The van der Waals surface area contributed by atoms with Gasteiger partial charge in [0.1, 0.15) is 6.04 Å². The van der Waals surface area contributed by atoms with Crippen LogP contribution in [0, 0.1) is 0 Å². The molecule has 43 heavy (non-hydrogen) atoms. The van der Waals surface area contributed by atoms with E-state index in [2.05, 4.69) is 21.9 Å². The lowest BCUT2D eigenvalue weighted by atomic mass is 9.81.